The minimum absolute atomic E-state index is 0.240. The highest BCUT2D eigenvalue weighted by atomic mass is 19.1. The Labute approximate surface area is 125 Å². The summed E-state index contributed by atoms with van der Waals surface area (Å²) in [6.45, 7) is 3.64. The third kappa shape index (κ3) is 3.62. The molecule has 0 bridgehead atoms. The zero-order valence-corrected chi connectivity index (χ0v) is 12.8. The zero-order valence-electron chi connectivity index (χ0n) is 12.8. The molecule has 1 aliphatic rings. The molecule has 1 saturated carbocycles. The van der Waals surface area contributed by atoms with Gasteiger partial charge in [0.15, 0.2) is 0 Å². The van der Waals surface area contributed by atoms with Gasteiger partial charge in [-0.25, -0.2) is 4.39 Å². The van der Waals surface area contributed by atoms with Crippen LogP contribution in [0.15, 0.2) is 24.3 Å². The molecule has 0 unspecified atom stereocenters. The first-order valence-electron chi connectivity index (χ1n) is 7.61. The highest BCUT2D eigenvalue weighted by molar-refractivity contribution is 5.87. The van der Waals surface area contributed by atoms with Crippen molar-refractivity contribution in [3.05, 3.63) is 35.6 Å². The second kappa shape index (κ2) is 6.14. The second-order valence-corrected chi connectivity index (χ2v) is 6.57. The lowest BCUT2D eigenvalue weighted by Gasteiger charge is -2.33. The Morgan fingerprint density at radius 1 is 1.29 bits per heavy atom. The molecule has 4 heteroatoms. The molecule has 0 spiro atoms. The molecule has 21 heavy (non-hydrogen) atoms. The predicted molar refractivity (Wildman–Crippen MR) is 80.5 cm³/mol. The third-order valence-corrected chi connectivity index (χ3v) is 4.48. The van der Waals surface area contributed by atoms with E-state index in [9.17, 15) is 14.3 Å². The summed E-state index contributed by atoms with van der Waals surface area (Å²) in [5, 5.41) is 13.2. The predicted octanol–water partition coefficient (Wildman–Crippen LogP) is 2.91. The van der Waals surface area contributed by atoms with Crippen LogP contribution in [0.5, 0.6) is 0 Å². The van der Waals surface area contributed by atoms with Crippen LogP contribution in [0.2, 0.25) is 0 Å². The van der Waals surface area contributed by atoms with E-state index in [1.807, 2.05) is 0 Å². The van der Waals surface area contributed by atoms with Gasteiger partial charge in [0.05, 0.1) is 11.0 Å². The largest absolute Gasteiger partial charge is 0.388 e. The molecule has 2 rings (SSSR count). The van der Waals surface area contributed by atoms with Gasteiger partial charge in [-0.1, -0.05) is 37.5 Å². The highest BCUT2D eigenvalue weighted by Gasteiger charge is 2.35. The number of rotatable bonds is 4. The van der Waals surface area contributed by atoms with Crippen molar-refractivity contribution in [2.75, 3.05) is 6.54 Å². The maximum atomic E-state index is 13.9. The van der Waals surface area contributed by atoms with Crippen molar-refractivity contribution in [3.63, 3.8) is 0 Å². The molecule has 1 fully saturated rings. The monoisotopic (exact) mass is 293 g/mol. The molecule has 3 nitrogen and oxygen atoms in total. The van der Waals surface area contributed by atoms with E-state index >= 15 is 0 Å². The van der Waals surface area contributed by atoms with Gasteiger partial charge < -0.3 is 10.4 Å². The number of nitrogens with one attached hydrogen (secondary N) is 1. The van der Waals surface area contributed by atoms with Crippen LogP contribution in [0.3, 0.4) is 0 Å². The first-order valence-corrected chi connectivity index (χ1v) is 7.61. The molecule has 116 valence electrons. The van der Waals surface area contributed by atoms with Crippen LogP contribution in [0.1, 0.15) is 51.5 Å². The fourth-order valence-corrected chi connectivity index (χ4v) is 2.94. The van der Waals surface area contributed by atoms with E-state index < -0.39 is 11.0 Å². The van der Waals surface area contributed by atoms with Crippen LogP contribution in [-0.4, -0.2) is 23.2 Å². The summed E-state index contributed by atoms with van der Waals surface area (Å²) in [5.41, 5.74) is -1.39. The fourth-order valence-electron chi connectivity index (χ4n) is 2.94. The Bertz CT molecular complexity index is 507. The van der Waals surface area contributed by atoms with Crippen LogP contribution in [0, 0.1) is 5.82 Å². The lowest BCUT2D eigenvalue weighted by molar-refractivity contribution is -0.127. The highest BCUT2D eigenvalue weighted by Crippen LogP contribution is 2.29. The summed E-state index contributed by atoms with van der Waals surface area (Å²) in [6, 6.07) is 6.32. The third-order valence-electron chi connectivity index (χ3n) is 4.48. The van der Waals surface area contributed by atoms with Gasteiger partial charge in [0.25, 0.3) is 0 Å². The summed E-state index contributed by atoms with van der Waals surface area (Å²) in [5.74, 6) is -0.638. The molecule has 0 heterocycles. The zero-order chi connectivity index (χ0) is 15.5. The first-order chi connectivity index (χ1) is 9.85. The maximum Gasteiger partial charge on any atom is 0.230 e. The Kier molecular flexibility index (Phi) is 4.67. The number of carbonyl (C=O) groups excluding carboxylic acids is 1. The smallest absolute Gasteiger partial charge is 0.230 e. The number of aliphatic hydroxyl groups is 1. The Hall–Kier alpha value is -1.42. The molecule has 0 radical (unpaired) electrons. The van der Waals surface area contributed by atoms with E-state index in [0.29, 0.717) is 18.4 Å². The van der Waals surface area contributed by atoms with E-state index in [0.717, 1.165) is 19.3 Å². The molecule has 0 aliphatic heterocycles. The Balaban J connectivity index is 2.03. The van der Waals surface area contributed by atoms with Gasteiger partial charge in [0.1, 0.15) is 5.82 Å². The molecule has 1 amide bonds. The fraction of sp³-hybridized carbons (Fsp3) is 0.588. The maximum absolute atomic E-state index is 13.9. The van der Waals surface area contributed by atoms with E-state index in [1.165, 1.54) is 6.07 Å². The van der Waals surface area contributed by atoms with Crippen molar-refractivity contribution in [2.45, 2.75) is 57.0 Å². The Morgan fingerprint density at radius 3 is 2.52 bits per heavy atom. The standard InChI is InChI=1S/C17H24FNO2/c1-16(2,13-8-4-5-9-14(13)18)15(20)19-12-17(21)10-6-3-7-11-17/h4-5,8-9,21H,3,6-7,10-12H2,1-2H3,(H,19,20). The number of carbonyl (C=O) groups is 1. The summed E-state index contributed by atoms with van der Waals surface area (Å²) in [6.07, 6.45) is 4.55. The molecule has 0 saturated heterocycles. The molecular weight excluding hydrogens is 269 g/mol. The summed E-state index contributed by atoms with van der Waals surface area (Å²) < 4.78 is 13.9. The van der Waals surface area contributed by atoms with Crippen LogP contribution >= 0.6 is 0 Å². The summed E-state index contributed by atoms with van der Waals surface area (Å²) in [4.78, 5) is 12.4. The molecule has 2 N–H and O–H groups in total. The van der Waals surface area contributed by atoms with Gasteiger partial charge in [-0.2, -0.15) is 0 Å². The minimum Gasteiger partial charge on any atom is -0.388 e. The molecule has 0 atom stereocenters. The number of hydrogen-bond acceptors (Lipinski definition) is 2. The van der Waals surface area contributed by atoms with E-state index in [4.69, 9.17) is 0 Å². The van der Waals surface area contributed by atoms with Crippen LogP contribution < -0.4 is 5.32 Å². The molecular formula is C17H24FNO2. The van der Waals surface area contributed by atoms with Crippen molar-refractivity contribution in [1.82, 2.24) is 5.32 Å². The number of amides is 1. The van der Waals surface area contributed by atoms with Gasteiger partial charge in [-0.15, -0.1) is 0 Å². The van der Waals surface area contributed by atoms with Crippen molar-refractivity contribution in [2.24, 2.45) is 0 Å². The van der Waals surface area contributed by atoms with Crippen LogP contribution in [0.4, 0.5) is 4.39 Å². The minimum atomic E-state index is -0.962. The van der Waals surface area contributed by atoms with Gasteiger partial charge in [0, 0.05) is 12.1 Å². The number of benzene rings is 1. The quantitative estimate of drug-likeness (QED) is 0.896. The van der Waals surface area contributed by atoms with Crippen LogP contribution in [0.25, 0.3) is 0 Å². The van der Waals surface area contributed by atoms with Gasteiger partial charge in [0.2, 0.25) is 5.91 Å². The number of halogens is 1. The molecule has 1 aromatic rings. The van der Waals surface area contributed by atoms with E-state index in [-0.39, 0.29) is 18.3 Å². The van der Waals surface area contributed by atoms with Crippen molar-refractivity contribution < 1.29 is 14.3 Å². The van der Waals surface area contributed by atoms with Crippen molar-refractivity contribution in [1.29, 1.82) is 0 Å². The molecule has 0 aromatic heterocycles. The average Bonchev–Trinajstić information content (AvgIpc) is 2.46. The lowest BCUT2D eigenvalue weighted by atomic mass is 9.82. The molecule has 1 aliphatic carbocycles. The SMILES string of the molecule is CC(C)(C(=O)NCC1(O)CCCCC1)c1ccccc1F. The Morgan fingerprint density at radius 2 is 1.90 bits per heavy atom. The van der Waals surface area contributed by atoms with Crippen LogP contribution in [-0.2, 0) is 10.2 Å². The van der Waals surface area contributed by atoms with Gasteiger partial charge >= 0.3 is 0 Å². The second-order valence-electron chi connectivity index (χ2n) is 6.57. The van der Waals surface area contributed by atoms with Gasteiger partial charge in [-0.3, -0.25) is 4.79 Å². The summed E-state index contributed by atoms with van der Waals surface area (Å²) >= 11 is 0. The number of hydrogen-bond donors (Lipinski definition) is 2. The topological polar surface area (TPSA) is 49.3 Å². The van der Waals surface area contributed by atoms with Gasteiger partial charge in [-0.05, 0) is 32.8 Å². The average molecular weight is 293 g/mol. The van der Waals surface area contributed by atoms with Crippen molar-refractivity contribution >= 4 is 5.91 Å². The van der Waals surface area contributed by atoms with E-state index in [2.05, 4.69) is 5.32 Å². The summed E-state index contributed by atoms with van der Waals surface area (Å²) in [7, 11) is 0. The lowest BCUT2D eigenvalue weighted by Crippen LogP contribution is -2.49. The van der Waals surface area contributed by atoms with Crippen molar-refractivity contribution in [3.8, 4) is 0 Å². The van der Waals surface area contributed by atoms with E-state index in [1.54, 1.807) is 32.0 Å². The normalized spacial score (nSPS) is 18.3. The molecule has 1 aromatic carbocycles. The first kappa shape index (κ1) is 16.0.